The van der Waals surface area contributed by atoms with Crippen molar-refractivity contribution >= 4 is 17.9 Å². The van der Waals surface area contributed by atoms with E-state index in [1.165, 1.54) is 0 Å². The van der Waals surface area contributed by atoms with Gasteiger partial charge in [-0.15, -0.1) is 0 Å². The van der Waals surface area contributed by atoms with E-state index in [4.69, 9.17) is 29.7 Å². The molecule has 126 valence electrons. The molecule has 0 fully saturated rings. The average Bonchev–Trinajstić information content (AvgIpc) is 2.14. The summed E-state index contributed by atoms with van der Waals surface area (Å²) in [7, 11) is 0. The molecule has 0 aliphatic heterocycles. The van der Waals surface area contributed by atoms with Gasteiger partial charge in [0.05, 0.1) is 0 Å². The number of aliphatic carboxylic acids is 3. The monoisotopic (exact) mass is 428 g/mol. The van der Waals surface area contributed by atoms with Crippen LogP contribution in [0.2, 0.25) is 0 Å². The molecule has 0 saturated heterocycles. The molecule has 0 atom stereocenters. The molecule has 0 bridgehead atoms. The SMILES string of the molecule is O=C([O-])C(F)(F)F.O=C([O-])C(F)(F)F.O=C([O-])C(F)(F)F.[Y+3]. The number of carboxylic acids is 3. The van der Waals surface area contributed by atoms with Crippen molar-refractivity contribution in [1.82, 2.24) is 0 Å². The van der Waals surface area contributed by atoms with Crippen molar-refractivity contribution < 1.29 is 102 Å². The smallest absolute Gasteiger partial charge is 0.542 e. The number of carbonyl (C=O) groups is 3. The van der Waals surface area contributed by atoms with E-state index in [0.717, 1.165) is 0 Å². The number of alkyl halides is 9. The van der Waals surface area contributed by atoms with Crippen LogP contribution in [0.4, 0.5) is 39.5 Å². The number of hydrogen-bond donors (Lipinski definition) is 0. The predicted molar refractivity (Wildman–Crippen MR) is 33.2 cm³/mol. The van der Waals surface area contributed by atoms with E-state index in [1.54, 1.807) is 0 Å². The average molecular weight is 428 g/mol. The summed E-state index contributed by atoms with van der Waals surface area (Å²) in [6, 6.07) is 0. The summed E-state index contributed by atoms with van der Waals surface area (Å²) in [5, 5.41) is 26.4. The summed E-state index contributed by atoms with van der Waals surface area (Å²) < 4.78 is 94.6. The van der Waals surface area contributed by atoms with Gasteiger partial charge in [0.2, 0.25) is 0 Å². The molecule has 16 heteroatoms. The Hall–Kier alpha value is -1.12. The van der Waals surface area contributed by atoms with E-state index in [1.807, 2.05) is 0 Å². The first-order chi connectivity index (χ1) is 8.83. The fourth-order valence-electron chi connectivity index (χ4n) is 0. The molecule has 0 N–H and O–H groups in total. The van der Waals surface area contributed by atoms with Gasteiger partial charge < -0.3 is 29.7 Å². The Balaban J connectivity index is -0.000000108. The van der Waals surface area contributed by atoms with Gasteiger partial charge in [0.15, 0.2) is 0 Å². The Labute approximate surface area is 138 Å². The number of carboxylic acid groups (broad SMARTS) is 3. The molecule has 0 aromatic carbocycles. The summed E-state index contributed by atoms with van der Waals surface area (Å²) in [4.78, 5) is 26.4. The van der Waals surface area contributed by atoms with Crippen molar-refractivity contribution in [2.75, 3.05) is 0 Å². The number of hydrogen-bond acceptors (Lipinski definition) is 6. The predicted octanol–water partition coefficient (Wildman–Crippen LogP) is -2.11. The van der Waals surface area contributed by atoms with E-state index in [0.29, 0.717) is 0 Å². The number of carbonyl (C=O) groups excluding carboxylic acids is 3. The second-order valence-electron chi connectivity index (χ2n) is 2.36. The first kappa shape index (κ1) is 29.0. The second kappa shape index (κ2) is 10.6. The molecule has 0 spiro atoms. The third-order valence-corrected chi connectivity index (χ3v) is 0.694. The molecule has 0 radical (unpaired) electrons. The topological polar surface area (TPSA) is 120 Å². The van der Waals surface area contributed by atoms with Gasteiger partial charge in [-0.2, -0.15) is 39.5 Å². The van der Waals surface area contributed by atoms with Crippen molar-refractivity contribution in [3.8, 4) is 0 Å². The van der Waals surface area contributed by atoms with Crippen molar-refractivity contribution in [2.24, 2.45) is 0 Å². The van der Waals surface area contributed by atoms with E-state index < -0.39 is 36.4 Å². The summed E-state index contributed by atoms with van der Waals surface area (Å²) in [6.07, 6.45) is -15.6. The molecular formula is C6F9O6Y. The summed E-state index contributed by atoms with van der Waals surface area (Å²) in [5.41, 5.74) is 0. The normalized spacial score (nSPS) is 10.8. The van der Waals surface area contributed by atoms with Gasteiger partial charge in [0, 0.05) is 0 Å². The van der Waals surface area contributed by atoms with Crippen LogP contribution in [0.1, 0.15) is 0 Å². The first-order valence-electron chi connectivity index (χ1n) is 3.68. The summed E-state index contributed by atoms with van der Waals surface area (Å²) >= 11 is 0. The van der Waals surface area contributed by atoms with E-state index in [-0.39, 0.29) is 32.7 Å². The van der Waals surface area contributed by atoms with Crippen molar-refractivity contribution in [3.05, 3.63) is 0 Å². The van der Waals surface area contributed by atoms with Crippen LogP contribution in [0.5, 0.6) is 0 Å². The summed E-state index contributed by atoms with van der Waals surface area (Å²) in [5.74, 6) is -9.02. The minimum Gasteiger partial charge on any atom is -0.542 e. The van der Waals surface area contributed by atoms with Gasteiger partial charge in [-0.05, 0) is 0 Å². The molecule has 6 nitrogen and oxygen atoms in total. The quantitative estimate of drug-likeness (QED) is 0.408. The fourth-order valence-corrected chi connectivity index (χ4v) is 0. The van der Waals surface area contributed by atoms with Crippen LogP contribution >= 0.6 is 0 Å². The zero-order chi connectivity index (χ0) is 18.2. The van der Waals surface area contributed by atoms with Crippen LogP contribution in [0.3, 0.4) is 0 Å². The van der Waals surface area contributed by atoms with E-state index >= 15 is 0 Å². The third-order valence-electron chi connectivity index (χ3n) is 0.694. The van der Waals surface area contributed by atoms with Crippen LogP contribution in [0.15, 0.2) is 0 Å². The second-order valence-corrected chi connectivity index (χ2v) is 2.36. The molecule has 0 unspecified atom stereocenters. The molecule has 0 saturated carbocycles. The Kier molecular flexibility index (Phi) is 13.9. The van der Waals surface area contributed by atoms with E-state index in [2.05, 4.69) is 0 Å². The molecule has 0 amide bonds. The number of halogens is 9. The fraction of sp³-hybridized carbons (Fsp3) is 0.500. The molecule has 0 aliphatic rings. The van der Waals surface area contributed by atoms with Gasteiger partial charge in [0.1, 0.15) is 17.9 Å². The number of rotatable bonds is 0. The standard InChI is InChI=1S/3C2HF3O2.Y/c3*3-2(4,5)1(6)7;/h3*(H,6,7);/q;;;+3/p-3. The largest absolute Gasteiger partial charge is 3.00 e. The van der Waals surface area contributed by atoms with Gasteiger partial charge in [-0.3, -0.25) is 0 Å². The Bertz CT molecular complexity index is 313. The maximum absolute atomic E-state index is 10.5. The molecule has 0 rings (SSSR count). The maximum atomic E-state index is 10.5. The molecule has 0 aromatic rings. The Morgan fingerprint density at radius 3 is 0.545 bits per heavy atom. The molecular weight excluding hydrogens is 428 g/mol. The maximum Gasteiger partial charge on any atom is 3.00 e. The van der Waals surface area contributed by atoms with Gasteiger partial charge in [0.25, 0.3) is 0 Å². The van der Waals surface area contributed by atoms with Crippen LogP contribution < -0.4 is 15.3 Å². The van der Waals surface area contributed by atoms with Crippen LogP contribution in [0.25, 0.3) is 0 Å². The minimum absolute atomic E-state index is 0. The molecule has 22 heavy (non-hydrogen) atoms. The third kappa shape index (κ3) is 21.2. The molecule has 0 aliphatic carbocycles. The zero-order valence-electron chi connectivity index (χ0n) is 9.43. The van der Waals surface area contributed by atoms with Gasteiger partial charge in [-0.25, -0.2) is 0 Å². The van der Waals surface area contributed by atoms with Crippen molar-refractivity contribution in [3.63, 3.8) is 0 Å². The Morgan fingerprint density at radius 2 is 0.545 bits per heavy atom. The minimum atomic E-state index is -5.19. The zero-order valence-corrected chi connectivity index (χ0v) is 12.3. The van der Waals surface area contributed by atoms with Crippen LogP contribution in [-0.2, 0) is 47.1 Å². The Morgan fingerprint density at radius 1 is 0.500 bits per heavy atom. The molecule has 0 heterocycles. The van der Waals surface area contributed by atoms with Gasteiger partial charge >= 0.3 is 51.2 Å². The van der Waals surface area contributed by atoms with Gasteiger partial charge in [-0.1, -0.05) is 0 Å². The van der Waals surface area contributed by atoms with E-state index in [9.17, 15) is 39.5 Å². The first-order valence-corrected chi connectivity index (χ1v) is 3.68. The van der Waals surface area contributed by atoms with Crippen LogP contribution in [-0.4, -0.2) is 36.4 Å². The molecule has 0 aromatic heterocycles. The van der Waals surface area contributed by atoms with Crippen LogP contribution in [0, 0.1) is 0 Å². The van der Waals surface area contributed by atoms with Crippen molar-refractivity contribution in [1.29, 1.82) is 0 Å². The van der Waals surface area contributed by atoms with Crippen molar-refractivity contribution in [2.45, 2.75) is 18.5 Å². The summed E-state index contributed by atoms with van der Waals surface area (Å²) in [6.45, 7) is 0.